The molecular weight excluding hydrogens is 223 g/mol. The number of carboxylic acid groups (broad SMARTS) is 1. The quantitative estimate of drug-likeness (QED) is 0.327. The van der Waals surface area contributed by atoms with Gasteiger partial charge in [-0.15, -0.1) is 0 Å². The number of carbonyl (C=O) groups is 1. The van der Waals surface area contributed by atoms with Crippen molar-refractivity contribution in [3.05, 3.63) is 0 Å². The van der Waals surface area contributed by atoms with Crippen molar-refractivity contribution in [1.29, 1.82) is 0 Å². The van der Waals surface area contributed by atoms with Gasteiger partial charge in [0.2, 0.25) is 0 Å². The monoisotopic (exact) mass is 234 g/mol. The summed E-state index contributed by atoms with van der Waals surface area (Å²) < 4.78 is 4.28. The van der Waals surface area contributed by atoms with Gasteiger partial charge in [-0.2, -0.15) is 0 Å². The van der Waals surface area contributed by atoms with E-state index >= 15 is 0 Å². The molecule has 0 aromatic carbocycles. The van der Waals surface area contributed by atoms with Crippen molar-refractivity contribution >= 4 is 5.97 Å². The van der Waals surface area contributed by atoms with Gasteiger partial charge in [-0.25, -0.2) is 0 Å². The first kappa shape index (κ1) is 17.6. The van der Waals surface area contributed by atoms with Crippen LogP contribution in [0.15, 0.2) is 0 Å². The molecular formula is C6H11NaO8. The van der Waals surface area contributed by atoms with E-state index in [-0.39, 0.29) is 35.0 Å². The summed E-state index contributed by atoms with van der Waals surface area (Å²) in [6.07, 6.45) is -9.00. The molecule has 0 spiro atoms. The number of carboxylic acids is 1. The van der Waals surface area contributed by atoms with Gasteiger partial charge in [-0.1, -0.05) is 0 Å². The number of carbonyl (C=O) groups excluding carboxylic acids is 1. The van der Waals surface area contributed by atoms with Crippen LogP contribution in [0, 0.1) is 0 Å². The average Bonchev–Trinajstić information content (AvgIpc) is 2.07. The van der Waals surface area contributed by atoms with Crippen molar-refractivity contribution in [2.45, 2.75) is 30.7 Å². The topological polar surface area (TPSA) is 162 Å². The molecule has 0 aromatic heterocycles. The Morgan fingerprint density at radius 1 is 1.07 bits per heavy atom. The Morgan fingerprint density at radius 3 is 1.93 bits per heavy atom. The molecule has 0 amide bonds. The van der Waals surface area contributed by atoms with Crippen LogP contribution in [0.5, 0.6) is 0 Å². The second-order valence-electron chi connectivity index (χ2n) is 2.74. The van der Waals surface area contributed by atoms with Crippen LogP contribution in [0.1, 0.15) is 0 Å². The summed E-state index contributed by atoms with van der Waals surface area (Å²) in [7, 11) is 0. The van der Waals surface area contributed by atoms with Gasteiger partial charge >= 0.3 is 29.6 Å². The zero-order valence-corrected chi connectivity index (χ0v) is 9.90. The van der Waals surface area contributed by atoms with Crippen LogP contribution in [-0.4, -0.2) is 62.6 Å². The van der Waals surface area contributed by atoms with Crippen LogP contribution in [0.4, 0.5) is 0 Å². The van der Waals surface area contributed by atoms with E-state index in [4.69, 9.17) is 20.4 Å². The van der Waals surface area contributed by atoms with Crippen molar-refractivity contribution < 1.29 is 70.1 Å². The van der Waals surface area contributed by atoms with E-state index in [9.17, 15) is 9.90 Å². The van der Waals surface area contributed by atoms with E-state index in [1.807, 2.05) is 0 Å². The van der Waals surface area contributed by atoms with E-state index < -0.39 is 36.7 Å². The van der Waals surface area contributed by atoms with Crippen LogP contribution in [0.3, 0.4) is 0 Å². The molecule has 9 heteroatoms. The average molecular weight is 234 g/mol. The Hall–Kier alpha value is 0.230. The van der Waals surface area contributed by atoms with Gasteiger partial charge in [0.25, 0.3) is 0 Å². The van der Waals surface area contributed by atoms with E-state index in [2.05, 4.69) is 4.74 Å². The van der Waals surface area contributed by atoms with Crippen LogP contribution in [0.2, 0.25) is 0 Å². The van der Waals surface area contributed by atoms with E-state index in [1.54, 1.807) is 0 Å². The van der Waals surface area contributed by atoms with Gasteiger partial charge in [0.05, 0.1) is 5.97 Å². The first-order valence-electron chi connectivity index (χ1n) is 3.53. The fourth-order valence-corrected chi connectivity index (χ4v) is 1.06. The molecule has 5 atom stereocenters. The smallest absolute Gasteiger partial charge is 0.547 e. The molecule has 1 heterocycles. The maximum atomic E-state index is 10.3. The van der Waals surface area contributed by atoms with Gasteiger partial charge in [0, 0.05) is 0 Å². The second kappa shape index (κ2) is 6.74. The van der Waals surface area contributed by atoms with Gasteiger partial charge in [-0.3, -0.25) is 0 Å². The number of hydrogen-bond acceptors (Lipinski definition) is 7. The molecule has 5 unspecified atom stereocenters. The predicted octanol–water partition coefficient (Wildman–Crippen LogP) is -8.28. The van der Waals surface area contributed by atoms with Gasteiger partial charge < -0.3 is 40.5 Å². The van der Waals surface area contributed by atoms with E-state index in [0.717, 1.165) is 0 Å². The molecule has 15 heavy (non-hydrogen) atoms. The van der Waals surface area contributed by atoms with Gasteiger partial charge in [0.1, 0.15) is 24.4 Å². The van der Waals surface area contributed by atoms with Crippen molar-refractivity contribution in [3.63, 3.8) is 0 Å². The molecule has 0 bridgehead atoms. The summed E-state index contributed by atoms with van der Waals surface area (Å²) in [6.45, 7) is 0. The molecule has 8 nitrogen and oxygen atoms in total. The minimum absolute atomic E-state index is 0. The number of ether oxygens (including phenoxy) is 1. The Morgan fingerprint density at radius 2 is 1.53 bits per heavy atom. The van der Waals surface area contributed by atoms with Gasteiger partial charge in [-0.05, 0) is 0 Å². The maximum Gasteiger partial charge on any atom is 1.00 e. The van der Waals surface area contributed by atoms with Crippen LogP contribution in [-0.2, 0) is 9.53 Å². The molecule has 0 aliphatic carbocycles. The summed E-state index contributed by atoms with van der Waals surface area (Å²) in [5.41, 5.74) is 0. The van der Waals surface area contributed by atoms with Crippen LogP contribution < -0.4 is 34.7 Å². The molecule has 0 saturated carbocycles. The number of aliphatic carboxylic acids is 1. The molecule has 1 fully saturated rings. The normalized spacial score (nSPS) is 39.9. The molecule has 0 aromatic rings. The Bertz CT molecular complexity index is 211. The third-order valence-corrected chi connectivity index (χ3v) is 1.82. The summed E-state index contributed by atoms with van der Waals surface area (Å²) >= 11 is 0. The molecule has 1 saturated heterocycles. The Labute approximate surface area is 107 Å². The van der Waals surface area contributed by atoms with Crippen molar-refractivity contribution in [3.8, 4) is 0 Å². The zero-order chi connectivity index (χ0) is 10.2. The summed E-state index contributed by atoms with van der Waals surface area (Å²) in [5, 5.41) is 46.1. The first-order valence-corrected chi connectivity index (χ1v) is 3.53. The third kappa shape index (κ3) is 3.63. The Kier molecular flexibility index (Phi) is 7.91. The predicted molar refractivity (Wildman–Crippen MR) is 37.5 cm³/mol. The van der Waals surface area contributed by atoms with Crippen molar-refractivity contribution in [1.82, 2.24) is 0 Å². The summed E-state index contributed by atoms with van der Waals surface area (Å²) in [4.78, 5) is 10.3. The molecule has 6 N–H and O–H groups in total. The number of aliphatic hydroxyl groups is 4. The molecule has 0 radical (unpaired) electrons. The summed E-state index contributed by atoms with van der Waals surface area (Å²) in [6, 6.07) is 0. The number of rotatable bonds is 1. The molecule has 84 valence electrons. The minimum atomic E-state index is -1.85. The number of aliphatic hydroxyl groups excluding tert-OH is 4. The minimum Gasteiger partial charge on any atom is -0.547 e. The molecule has 1 rings (SSSR count). The fraction of sp³-hybridized carbons (Fsp3) is 0.833. The largest absolute Gasteiger partial charge is 1.00 e. The maximum absolute atomic E-state index is 10.3. The van der Waals surface area contributed by atoms with Crippen LogP contribution >= 0.6 is 0 Å². The van der Waals surface area contributed by atoms with Crippen LogP contribution in [0.25, 0.3) is 0 Å². The van der Waals surface area contributed by atoms with Crippen molar-refractivity contribution in [2.24, 2.45) is 0 Å². The van der Waals surface area contributed by atoms with E-state index in [1.165, 1.54) is 0 Å². The molecule has 1 aliphatic rings. The molecule has 1 aliphatic heterocycles. The van der Waals surface area contributed by atoms with Gasteiger partial charge in [0.15, 0.2) is 6.29 Å². The first-order chi connectivity index (χ1) is 5.95. The Balaban J connectivity index is 0. The van der Waals surface area contributed by atoms with Crippen molar-refractivity contribution in [2.75, 3.05) is 0 Å². The third-order valence-electron chi connectivity index (χ3n) is 1.82. The van der Waals surface area contributed by atoms with E-state index in [0.29, 0.717) is 0 Å². The fourth-order valence-electron chi connectivity index (χ4n) is 1.06. The standard InChI is InChI=1S/C6H10O7.Na.H2O/c7-1-2(8)4(5(10)11)13-6(12)3(1)9;;/h1-4,6-9,12H,(H,10,11);;1H2/q;+1;/p-1. The summed E-state index contributed by atoms with van der Waals surface area (Å²) in [5.74, 6) is -1.77. The zero-order valence-electron chi connectivity index (χ0n) is 7.90. The SMILES string of the molecule is O.O=C([O-])C1OC(O)C(O)C(O)C1O.[Na+]. The number of hydrogen-bond donors (Lipinski definition) is 4. The second-order valence-corrected chi connectivity index (χ2v) is 2.74.